The zero-order chi connectivity index (χ0) is 16.0. The van der Waals surface area contributed by atoms with Crippen molar-refractivity contribution in [2.24, 2.45) is 5.92 Å². The molecule has 5 nitrogen and oxygen atoms in total. The number of rotatable bonds is 8. The van der Waals surface area contributed by atoms with Gasteiger partial charge in [0, 0.05) is 13.0 Å². The average Bonchev–Trinajstić information content (AvgIpc) is 2.39. The molecule has 1 aromatic carbocycles. The van der Waals surface area contributed by atoms with Crippen LogP contribution >= 0.6 is 15.9 Å². The standard InChI is InChI=1S/C13H17BrFNO4S/c1-9(2-5-13(17)18)6-7-16-21(19,20)10-3-4-11(14)12(15)8-10/h3-4,8-9,16H,2,5-7H2,1H3,(H,17,18). The number of carboxylic acid groups (broad SMARTS) is 1. The largest absolute Gasteiger partial charge is 0.481 e. The Morgan fingerprint density at radius 3 is 2.67 bits per heavy atom. The number of benzene rings is 1. The van der Waals surface area contributed by atoms with E-state index in [-0.39, 0.29) is 28.3 Å². The van der Waals surface area contributed by atoms with Gasteiger partial charge in [-0.1, -0.05) is 6.92 Å². The van der Waals surface area contributed by atoms with Crippen LogP contribution in [0.5, 0.6) is 0 Å². The summed E-state index contributed by atoms with van der Waals surface area (Å²) in [6, 6.07) is 3.59. The summed E-state index contributed by atoms with van der Waals surface area (Å²) in [5.41, 5.74) is 0. The number of sulfonamides is 1. The first-order chi connectivity index (χ1) is 9.72. The SMILES string of the molecule is CC(CCNS(=O)(=O)c1ccc(Br)c(F)c1)CCC(=O)O. The van der Waals surface area contributed by atoms with E-state index in [0.29, 0.717) is 12.8 Å². The molecule has 0 aromatic heterocycles. The van der Waals surface area contributed by atoms with Crippen LogP contribution in [0.1, 0.15) is 26.2 Å². The Kier molecular flexibility index (Phi) is 6.76. The highest BCUT2D eigenvalue weighted by molar-refractivity contribution is 9.10. The van der Waals surface area contributed by atoms with Crippen molar-refractivity contribution in [1.29, 1.82) is 0 Å². The topological polar surface area (TPSA) is 83.5 Å². The van der Waals surface area contributed by atoms with Crippen molar-refractivity contribution >= 4 is 31.9 Å². The van der Waals surface area contributed by atoms with Gasteiger partial charge in [-0.2, -0.15) is 0 Å². The van der Waals surface area contributed by atoms with Crippen molar-refractivity contribution in [3.05, 3.63) is 28.5 Å². The molecule has 0 amide bonds. The second kappa shape index (κ2) is 7.86. The summed E-state index contributed by atoms with van der Waals surface area (Å²) in [6.45, 7) is 2.04. The number of hydrogen-bond acceptors (Lipinski definition) is 3. The molecule has 0 fully saturated rings. The second-order valence-electron chi connectivity index (χ2n) is 4.80. The van der Waals surface area contributed by atoms with E-state index in [4.69, 9.17) is 5.11 Å². The van der Waals surface area contributed by atoms with E-state index in [2.05, 4.69) is 20.7 Å². The summed E-state index contributed by atoms with van der Waals surface area (Å²) in [7, 11) is -3.75. The number of nitrogens with one attached hydrogen (secondary N) is 1. The van der Waals surface area contributed by atoms with Crippen LogP contribution in [-0.2, 0) is 14.8 Å². The van der Waals surface area contributed by atoms with Crippen LogP contribution in [0.15, 0.2) is 27.6 Å². The van der Waals surface area contributed by atoms with Gasteiger partial charge in [-0.3, -0.25) is 4.79 Å². The lowest BCUT2D eigenvalue weighted by Gasteiger charge is -2.11. The van der Waals surface area contributed by atoms with Crippen molar-refractivity contribution in [1.82, 2.24) is 4.72 Å². The van der Waals surface area contributed by atoms with E-state index in [1.54, 1.807) is 0 Å². The third-order valence-corrected chi connectivity index (χ3v) is 5.08. The number of carboxylic acids is 1. The van der Waals surface area contributed by atoms with Crippen molar-refractivity contribution in [3.8, 4) is 0 Å². The Bertz CT molecular complexity index is 606. The summed E-state index contributed by atoms with van der Waals surface area (Å²) in [5, 5.41) is 8.56. The first kappa shape index (κ1) is 18.1. The van der Waals surface area contributed by atoms with Gasteiger partial charge >= 0.3 is 5.97 Å². The highest BCUT2D eigenvalue weighted by Gasteiger charge is 2.16. The van der Waals surface area contributed by atoms with Crippen LogP contribution in [0.25, 0.3) is 0 Å². The molecule has 21 heavy (non-hydrogen) atoms. The van der Waals surface area contributed by atoms with Crippen molar-refractivity contribution in [2.75, 3.05) is 6.54 Å². The van der Waals surface area contributed by atoms with Gasteiger partial charge in [0.05, 0.1) is 9.37 Å². The average molecular weight is 382 g/mol. The molecule has 0 spiro atoms. The molecule has 0 saturated carbocycles. The quantitative estimate of drug-likeness (QED) is 0.724. The lowest BCUT2D eigenvalue weighted by Crippen LogP contribution is -2.26. The molecule has 8 heteroatoms. The summed E-state index contributed by atoms with van der Waals surface area (Å²) >= 11 is 2.96. The molecule has 118 valence electrons. The maximum absolute atomic E-state index is 13.3. The summed E-state index contributed by atoms with van der Waals surface area (Å²) < 4.78 is 39.8. The maximum atomic E-state index is 13.3. The molecule has 0 aliphatic rings. The molecular weight excluding hydrogens is 365 g/mol. The molecule has 1 atom stereocenters. The monoisotopic (exact) mass is 381 g/mol. The predicted molar refractivity (Wildman–Crippen MR) is 79.9 cm³/mol. The van der Waals surface area contributed by atoms with E-state index in [1.807, 2.05) is 6.92 Å². The number of hydrogen-bond donors (Lipinski definition) is 2. The Hall–Kier alpha value is -0.990. The molecule has 1 unspecified atom stereocenters. The Morgan fingerprint density at radius 1 is 1.43 bits per heavy atom. The fraction of sp³-hybridized carbons (Fsp3) is 0.462. The van der Waals surface area contributed by atoms with Gasteiger partial charge in [-0.15, -0.1) is 0 Å². The zero-order valence-electron chi connectivity index (χ0n) is 11.5. The van der Waals surface area contributed by atoms with Gasteiger partial charge in [-0.25, -0.2) is 17.5 Å². The van der Waals surface area contributed by atoms with E-state index < -0.39 is 21.8 Å². The predicted octanol–water partition coefficient (Wildman–Crippen LogP) is 2.76. The third-order valence-electron chi connectivity index (χ3n) is 2.98. The van der Waals surface area contributed by atoms with Crippen molar-refractivity contribution in [2.45, 2.75) is 31.1 Å². The molecule has 1 rings (SSSR count). The summed E-state index contributed by atoms with van der Waals surface area (Å²) in [4.78, 5) is 10.3. The first-order valence-electron chi connectivity index (χ1n) is 6.39. The molecule has 0 aliphatic carbocycles. The second-order valence-corrected chi connectivity index (χ2v) is 7.42. The van der Waals surface area contributed by atoms with Gasteiger partial charge in [0.15, 0.2) is 0 Å². The number of aliphatic carboxylic acids is 1. The fourth-order valence-electron chi connectivity index (χ4n) is 1.68. The van der Waals surface area contributed by atoms with Crippen LogP contribution in [0, 0.1) is 11.7 Å². The minimum absolute atomic E-state index is 0.0613. The Morgan fingerprint density at radius 2 is 2.10 bits per heavy atom. The van der Waals surface area contributed by atoms with Crippen LogP contribution in [0.3, 0.4) is 0 Å². The van der Waals surface area contributed by atoms with E-state index in [9.17, 15) is 17.6 Å². The van der Waals surface area contributed by atoms with Gasteiger partial charge in [0.25, 0.3) is 0 Å². The molecule has 0 heterocycles. The third kappa shape index (κ3) is 6.11. The minimum Gasteiger partial charge on any atom is -0.481 e. The van der Waals surface area contributed by atoms with Crippen molar-refractivity contribution < 1.29 is 22.7 Å². The fourth-order valence-corrected chi connectivity index (χ4v) is 2.99. The Balaban J connectivity index is 2.53. The molecule has 0 saturated heterocycles. The number of halogens is 2. The highest BCUT2D eigenvalue weighted by atomic mass is 79.9. The van der Waals surface area contributed by atoms with Crippen LogP contribution in [0.4, 0.5) is 4.39 Å². The lowest BCUT2D eigenvalue weighted by atomic mass is 10.0. The normalized spacial score (nSPS) is 13.1. The maximum Gasteiger partial charge on any atom is 0.303 e. The van der Waals surface area contributed by atoms with Crippen LogP contribution in [-0.4, -0.2) is 26.0 Å². The zero-order valence-corrected chi connectivity index (χ0v) is 13.9. The van der Waals surface area contributed by atoms with Gasteiger partial charge in [0.2, 0.25) is 10.0 Å². The van der Waals surface area contributed by atoms with Gasteiger partial charge in [0.1, 0.15) is 5.82 Å². The highest BCUT2D eigenvalue weighted by Crippen LogP contribution is 2.19. The smallest absolute Gasteiger partial charge is 0.303 e. The van der Waals surface area contributed by atoms with E-state index in [1.165, 1.54) is 12.1 Å². The molecule has 0 aliphatic heterocycles. The number of carbonyl (C=O) groups is 1. The molecule has 0 bridgehead atoms. The first-order valence-corrected chi connectivity index (χ1v) is 8.66. The van der Waals surface area contributed by atoms with E-state index >= 15 is 0 Å². The lowest BCUT2D eigenvalue weighted by molar-refractivity contribution is -0.137. The Labute approximate surface area is 131 Å². The molecule has 0 radical (unpaired) electrons. The summed E-state index contributed by atoms with van der Waals surface area (Å²) in [5.74, 6) is -1.43. The molecule has 1 aromatic rings. The minimum atomic E-state index is -3.75. The van der Waals surface area contributed by atoms with Gasteiger partial charge < -0.3 is 5.11 Å². The van der Waals surface area contributed by atoms with Gasteiger partial charge in [-0.05, 0) is 52.9 Å². The van der Waals surface area contributed by atoms with Crippen LogP contribution in [0.2, 0.25) is 0 Å². The van der Waals surface area contributed by atoms with E-state index in [0.717, 1.165) is 6.07 Å². The molecule has 2 N–H and O–H groups in total. The summed E-state index contributed by atoms with van der Waals surface area (Å²) in [6.07, 6.45) is 1.07. The molecular formula is C13H17BrFNO4S. The van der Waals surface area contributed by atoms with Crippen LogP contribution < -0.4 is 4.72 Å². The van der Waals surface area contributed by atoms with Crippen molar-refractivity contribution in [3.63, 3.8) is 0 Å².